The number of halogens is 3. The molecule has 116 valence electrons. The quantitative estimate of drug-likeness (QED) is 0.831. The Balaban J connectivity index is 0.00000176. The Bertz CT molecular complexity index is 671. The van der Waals surface area contributed by atoms with Crippen molar-refractivity contribution in [2.45, 2.75) is 6.04 Å². The van der Waals surface area contributed by atoms with Gasteiger partial charge < -0.3 is 10.2 Å². The Morgan fingerprint density at radius 1 is 1.09 bits per heavy atom. The van der Waals surface area contributed by atoms with Crippen LogP contribution in [0.25, 0.3) is 0 Å². The number of nitrogens with one attached hydrogen (secondary N) is 1. The molecule has 0 amide bonds. The molecule has 0 saturated heterocycles. The molecular formula is C16H16Cl3N3. The van der Waals surface area contributed by atoms with Crippen LogP contribution in [0.1, 0.15) is 11.6 Å². The number of guanidine groups is 1. The minimum atomic E-state index is 0. The molecule has 0 aromatic heterocycles. The van der Waals surface area contributed by atoms with E-state index in [2.05, 4.69) is 21.3 Å². The van der Waals surface area contributed by atoms with Crippen molar-refractivity contribution in [3.05, 3.63) is 64.1 Å². The maximum atomic E-state index is 6.07. The summed E-state index contributed by atoms with van der Waals surface area (Å²) in [5, 5.41) is 4.79. The van der Waals surface area contributed by atoms with Crippen LogP contribution in [0.15, 0.2) is 53.5 Å². The van der Waals surface area contributed by atoms with E-state index in [1.54, 1.807) is 0 Å². The number of likely N-dealkylation sites (N-methyl/N-ethyl adjacent to an activating group) is 1. The topological polar surface area (TPSA) is 27.6 Å². The summed E-state index contributed by atoms with van der Waals surface area (Å²) in [6.45, 7) is 0.715. The van der Waals surface area contributed by atoms with E-state index in [1.165, 1.54) is 5.56 Å². The predicted molar refractivity (Wildman–Crippen MR) is 96.6 cm³/mol. The molecule has 0 fully saturated rings. The van der Waals surface area contributed by atoms with Crippen molar-refractivity contribution < 1.29 is 0 Å². The number of hydrogen-bond donors (Lipinski definition) is 1. The molecule has 6 heteroatoms. The maximum Gasteiger partial charge on any atom is 0.198 e. The van der Waals surface area contributed by atoms with E-state index in [0.717, 1.165) is 21.7 Å². The van der Waals surface area contributed by atoms with Crippen molar-refractivity contribution in [3.8, 4) is 0 Å². The summed E-state index contributed by atoms with van der Waals surface area (Å²) in [6, 6.07) is 15.7. The average Bonchev–Trinajstić information content (AvgIpc) is 2.83. The highest BCUT2D eigenvalue weighted by molar-refractivity contribution is 6.30. The lowest BCUT2D eigenvalue weighted by atomic mass is 10.1. The van der Waals surface area contributed by atoms with Crippen LogP contribution in [0.3, 0.4) is 0 Å². The molecule has 2 aromatic carbocycles. The molecule has 0 bridgehead atoms. The van der Waals surface area contributed by atoms with Gasteiger partial charge in [-0.3, -0.25) is 4.99 Å². The van der Waals surface area contributed by atoms with Crippen LogP contribution in [0.4, 0.5) is 5.69 Å². The summed E-state index contributed by atoms with van der Waals surface area (Å²) in [7, 11) is 2.03. The third-order valence-electron chi connectivity index (χ3n) is 3.55. The van der Waals surface area contributed by atoms with E-state index in [9.17, 15) is 0 Å². The van der Waals surface area contributed by atoms with Gasteiger partial charge in [0, 0.05) is 22.8 Å². The van der Waals surface area contributed by atoms with Gasteiger partial charge in [-0.1, -0.05) is 35.3 Å². The summed E-state index contributed by atoms with van der Waals surface area (Å²) in [5.74, 6) is 0.849. The number of anilines is 1. The molecule has 3 nitrogen and oxygen atoms in total. The largest absolute Gasteiger partial charge is 0.337 e. The lowest BCUT2D eigenvalue weighted by Gasteiger charge is -2.24. The average molecular weight is 357 g/mol. The molecule has 0 saturated carbocycles. The van der Waals surface area contributed by atoms with Gasteiger partial charge in [0.1, 0.15) is 0 Å². The van der Waals surface area contributed by atoms with Crippen LogP contribution < -0.4 is 5.32 Å². The van der Waals surface area contributed by atoms with Gasteiger partial charge in [0.25, 0.3) is 0 Å². The first kappa shape index (κ1) is 16.9. The smallest absolute Gasteiger partial charge is 0.198 e. The number of rotatable bonds is 2. The highest BCUT2D eigenvalue weighted by Crippen LogP contribution is 2.27. The fourth-order valence-corrected chi connectivity index (χ4v) is 2.71. The molecule has 2 aromatic rings. The second-order valence-corrected chi connectivity index (χ2v) is 5.85. The Labute approximate surface area is 146 Å². The SMILES string of the molecule is CN1C(Nc2ccc(Cl)cc2)=NCC1c1cccc(Cl)c1.Cl. The molecule has 0 aliphatic carbocycles. The van der Waals surface area contributed by atoms with Crippen molar-refractivity contribution >= 4 is 47.3 Å². The summed E-state index contributed by atoms with van der Waals surface area (Å²) < 4.78 is 0. The number of hydrogen-bond acceptors (Lipinski definition) is 3. The molecule has 0 radical (unpaired) electrons. The molecule has 1 N–H and O–H groups in total. The summed E-state index contributed by atoms with van der Waals surface area (Å²) in [5.41, 5.74) is 2.14. The lowest BCUT2D eigenvalue weighted by Crippen LogP contribution is -2.31. The third-order valence-corrected chi connectivity index (χ3v) is 4.04. The van der Waals surface area contributed by atoms with E-state index < -0.39 is 0 Å². The lowest BCUT2D eigenvalue weighted by molar-refractivity contribution is 0.416. The number of benzene rings is 2. The maximum absolute atomic E-state index is 6.07. The number of nitrogens with zero attached hydrogens (tertiary/aromatic N) is 2. The Morgan fingerprint density at radius 3 is 2.50 bits per heavy atom. The predicted octanol–water partition coefficient (Wildman–Crippen LogP) is 4.87. The second kappa shape index (κ2) is 7.23. The van der Waals surface area contributed by atoms with Crippen molar-refractivity contribution in [3.63, 3.8) is 0 Å². The van der Waals surface area contributed by atoms with Gasteiger partial charge in [-0.2, -0.15) is 0 Å². The summed E-state index contributed by atoms with van der Waals surface area (Å²) in [4.78, 5) is 6.70. The van der Waals surface area contributed by atoms with Crippen molar-refractivity contribution in [2.24, 2.45) is 4.99 Å². The van der Waals surface area contributed by atoms with Crippen LogP contribution in [-0.2, 0) is 0 Å². The van der Waals surface area contributed by atoms with Gasteiger partial charge in [0.05, 0.1) is 12.6 Å². The normalized spacial score (nSPS) is 17.0. The van der Waals surface area contributed by atoms with Gasteiger partial charge in [-0.25, -0.2) is 0 Å². The van der Waals surface area contributed by atoms with E-state index in [-0.39, 0.29) is 18.4 Å². The van der Waals surface area contributed by atoms with Crippen LogP contribution in [0, 0.1) is 0 Å². The van der Waals surface area contributed by atoms with Crippen LogP contribution in [0.5, 0.6) is 0 Å². The minimum absolute atomic E-state index is 0. The Hall–Kier alpha value is -1.42. The van der Waals surface area contributed by atoms with Crippen LogP contribution >= 0.6 is 35.6 Å². The zero-order valence-corrected chi connectivity index (χ0v) is 14.3. The monoisotopic (exact) mass is 355 g/mol. The molecule has 1 heterocycles. The van der Waals surface area contributed by atoms with Crippen LogP contribution in [0.2, 0.25) is 10.0 Å². The van der Waals surface area contributed by atoms with Gasteiger partial charge in [-0.05, 0) is 42.0 Å². The fourth-order valence-electron chi connectivity index (χ4n) is 2.39. The highest BCUT2D eigenvalue weighted by atomic mass is 35.5. The Morgan fingerprint density at radius 2 is 1.82 bits per heavy atom. The molecule has 1 atom stereocenters. The summed E-state index contributed by atoms with van der Waals surface area (Å²) >= 11 is 12.0. The molecular weight excluding hydrogens is 341 g/mol. The van der Waals surface area contributed by atoms with Crippen molar-refractivity contribution in [1.29, 1.82) is 0 Å². The standard InChI is InChI=1S/C16H15Cl2N3.ClH/c1-21-15(11-3-2-4-13(18)9-11)10-19-16(21)20-14-7-5-12(17)6-8-14;/h2-9,15H,10H2,1H3,(H,19,20);1H. The first-order chi connectivity index (χ1) is 10.1. The van der Waals surface area contributed by atoms with E-state index in [4.69, 9.17) is 23.2 Å². The Kier molecular flexibility index (Phi) is 5.57. The molecule has 0 spiro atoms. The second-order valence-electron chi connectivity index (χ2n) is 4.98. The molecule has 1 aliphatic heterocycles. The van der Waals surface area contributed by atoms with Crippen molar-refractivity contribution in [2.75, 3.05) is 18.9 Å². The van der Waals surface area contributed by atoms with Gasteiger partial charge in [0.15, 0.2) is 5.96 Å². The molecule has 3 rings (SSSR count). The zero-order valence-electron chi connectivity index (χ0n) is 12.0. The van der Waals surface area contributed by atoms with Gasteiger partial charge in [0.2, 0.25) is 0 Å². The van der Waals surface area contributed by atoms with E-state index in [1.807, 2.05) is 49.5 Å². The van der Waals surface area contributed by atoms with E-state index in [0.29, 0.717) is 6.54 Å². The van der Waals surface area contributed by atoms with Crippen molar-refractivity contribution in [1.82, 2.24) is 4.90 Å². The molecule has 1 unspecified atom stereocenters. The van der Waals surface area contributed by atoms with Crippen LogP contribution in [-0.4, -0.2) is 24.5 Å². The highest BCUT2D eigenvalue weighted by Gasteiger charge is 2.25. The molecule has 22 heavy (non-hydrogen) atoms. The number of aliphatic imine (C=N–C) groups is 1. The van der Waals surface area contributed by atoms with Gasteiger partial charge >= 0.3 is 0 Å². The first-order valence-corrected chi connectivity index (χ1v) is 7.44. The van der Waals surface area contributed by atoms with Gasteiger partial charge in [-0.15, -0.1) is 12.4 Å². The minimum Gasteiger partial charge on any atom is -0.337 e. The summed E-state index contributed by atoms with van der Waals surface area (Å²) in [6.07, 6.45) is 0. The zero-order chi connectivity index (χ0) is 14.8. The third kappa shape index (κ3) is 3.67. The molecule has 1 aliphatic rings. The first-order valence-electron chi connectivity index (χ1n) is 6.69. The van der Waals surface area contributed by atoms with E-state index >= 15 is 0 Å². The fraction of sp³-hybridized carbons (Fsp3) is 0.188.